The maximum Gasteiger partial charge on any atom is 0.252 e. The van der Waals surface area contributed by atoms with Crippen LogP contribution in [0.25, 0.3) is 11.5 Å². The van der Waals surface area contributed by atoms with Crippen molar-refractivity contribution in [3.63, 3.8) is 0 Å². The van der Waals surface area contributed by atoms with Gasteiger partial charge in [-0.25, -0.2) is 8.42 Å². The van der Waals surface area contributed by atoms with Gasteiger partial charge in [0.1, 0.15) is 4.21 Å². The van der Waals surface area contributed by atoms with E-state index in [1.165, 1.54) is 21.2 Å². The molecule has 0 spiro atoms. The average Bonchev–Trinajstić information content (AvgIpc) is 3.23. The van der Waals surface area contributed by atoms with E-state index in [4.69, 9.17) is 4.42 Å². The summed E-state index contributed by atoms with van der Waals surface area (Å²) < 4.78 is 33.0. The molecule has 124 valence electrons. The lowest BCUT2D eigenvalue weighted by Crippen LogP contribution is -2.35. The van der Waals surface area contributed by atoms with Crippen molar-refractivity contribution in [2.75, 3.05) is 6.54 Å². The van der Waals surface area contributed by atoms with Crippen LogP contribution < -0.4 is 0 Å². The Bertz CT molecular complexity index is 991. The third-order valence-electron chi connectivity index (χ3n) is 4.04. The number of hydrogen-bond donors (Lipinski definition) is 0. The van der Waals surface area contributed by atoms with Crippen LogP contribution in [0.4, 0.5) is 0 Å². The third-order valence-corrected chi connectivity index (χ3v) is 7.30. The zero-order chi connectivity index (χ0) is 16.7. The van der Waals surface area contributed by atoms with Gasteiger partial charge >= 0.3 is 0 Å². The van der Waals surface area contributed by atoms with Crippen LogP contribution in [0.15, 0.2) is 44.3 Å². The first kappa shape index (κ1) is 15.5. The van der Waals surface area contributed by atoms with Gasteiger partial charge in [-0.2, -0.15) is 4.31 Å². The predicted octanol–water partition coefficient (Wildman–Crippen LogP) is 2.85. The van der Waals surface area contributed by atoms with Crippen molar-refractivity contribution in [2.45, 2.75) is 24.1 Å². The van der Waals surface area contributed by atoms with Crippen LogP contribution in [0.3, 0.4) is 0 Å². The molecule has 0 saturated carbocycles. The highest BCUT2D eigenvalue weighted by Crippen LogP contribution is 2.31. The summed E-state index contributed by atoms with van der Waals surface area (Å²) >= 11 is 1.18. The summed E-state index contributed by atoms with van der Waals surface area (Å²) in [6.45, 7) is 2.60. The molecular weight excluding hydrogens is 346 g/mol. The second kappa shape index (κ2) is 5.80. The molecule has 0 bridgehead atoms. The van der Waals surface area contributed by atoms with E-state index >= 15 is 0 Å². The minimum absolute atomic E-state index is 0.299. The molecule has 4 rings (SSSR count). The summed E-state index contributed by atoms with van der Waals surface area (Å²) in [5, 5.41) is 9.45. The standard InChI is InChI=1S/C16H15N3O3S2/c1-11-17-18-16(22-11)14-8-15(23-10-14)24(20,21)19-7-6-12-4-2-3-5-13(12)9-19/h2-5,8,10H,6-7,9H2,1H3. The molecule has 24 heavy (non-hydrogen) atoms. The molecule has 1 aromatic carbocycles. The van der Waals surface area contributed by atoms with Crippen molar-refractivity contribution < 1.29 is 12.8 Å². The molecule has 1 aliphatic rings. The van der Waals surface area contributed by atoms with Gasteiger partial charge in [-0.05, 0) is 23.6 Å². The van der Waals surface area contributed by atoms with Crippen molar-refractivity contribution in [1.82, 2.24) is 14.5 Å². The number of fused-ring (bicyclic) bond motifs is 1. The first-order valence-corrected chi connectivity index (χ1v) is 9.82. The van der Waals surface area contributed by atoms with Gasteiger partial charge in [-0.15, -0.1) is 21.5 Å². The predicted molar refractivity (Wildman–Crippen MR) is 90.1 cm³/mol. The lowest BCUT2D eigenvalue weighted by Gasteiger charge is -2.27. The fraction of sp³-hybridized carbons (Fsp3) is 0.250. The SMILES string of the molecule is Cc1nnc(-c2csc(S(=O)(=O)N3CCc4ccccc4C3)c2)o1. The molecule has 0 radical (unpaired) electrons. The molecule has 0 saturated heterocycles. The van der Waals surface area contributed by atoms with E-state index in [1.54, 1.807) is 18.4 Å². The van der Waals surface area contributed by atoms with E-state index in [-0.39, 0.29) is 0 Å². The fourth-order valence-electron chi connectivity index (χ4n) is 2.78. The Labute approximate surface area is 143 Å². The fourth-order valence-corrected chi connectivity index (χ4v) is 5.50. The summed E-state index contributed by atoms with van der Waals surface area (Å²) in [5.41, 5.74) is 2.92. The Kier molecular flexibility index (Phi) is 3.75. The molecule has 0 atom stereocenters. The highest BCUT2D eigenvalue weighted by atomic mass is 32.2. The van der Waals surface area contributed by atoms with Gasteiger partial charge in [0, 0.05) is 25.4 Å². The summed E-state index contributed by atoms with van der Waals surface area (Å²) in [6, 6.07) is 9.57. The molecule has 2 aromatic heterocycles. The number of thiophene rings is 1. The Hall–Kier alpha value is -2.03. The number of benzene rings is 1. The Morgan fingerprint density at radius 2 is 2.00 bits per heavy atom. The summed E-state index contributed by atoms with van der Waals surface area (Å²) in [7, 11) is -3.52. The molecule has 3 heterocycles. The highest BCUT2D eigenvalue weighted by molar-refractivity contribution is 7.91. The Morgan fingerprint density at radius 3 is 2.75 bits per heavy atom. The van der Waals surface area contributed by atoms with Crippen molar-refractivity contribution in [1.29, 1.82) is 0 Å². The zero-order valence-electron chi connectivity index (χ0n) is 13.0. The maximum atomic E-state index is 12.9. The quantitative estimate of drug-likeness (QED) is 0.717. The van der Waals surface area contributed by atoms with E-state index < -0.39 is 10.0 Å². The van der Waals surface area contributed by atoms with Crippen LogP contribution in [-0.2, 0) is 23.0 Å². The first-order chi connectivity index (χ1) is 11.5. The minimum Gasteiger partial charge on any atom is -0.421 e. The summed E-state index contributed by atoms with van der Waals surface area (Å²) in [5.74, 6) is 0.794. The second-order valence-electron chi connectivity index (χ2n) is 5.64. The molecular formula is C16H15N3O3S2. The minimum atomic E-state index is -3.52. The van der Waals surface area contributed by atoms with Gasteiger partial charge in [-0.3, -0.25) is 0 Å². The summed E-state index contributed by atoms with van der Waals surface area (Å²) in [6.07, 6.45) is 0.733. The van der Waals surface area contributed by atoms with Crippen LogP contribution >= 0.6 is 11.3 Å². The largest absolute Gasteiger partial charge is 0.421 e. The van der Waals surface area contributed by atoms with Gasteiger partial charge in [0.15, 0.2) is 0 Å². The van der Waals surface area contributed by atoms with E-state index in [9.17, 15) is 8.42 Å². The third kappa shape index (κ3) is 2.66. The van der Waals surface area contributed by atoms with Gasteiger partial charge in [0.25, 0.3) is 10.0 Å². The monoisotopic (exact) mass is 361 g/mol. The second-order valence-corrected chi connectivity index (χ2v) is 8.71. The number of nitrogens with zero attached hydrogens (tertiary/aromatic N) is 3. The van der Waals surface area contributed by atoms with Crippen LogP contribution in [0.5, 0.6) is 0 Å². The number of aryl methyl sites for hydroxylation is 1. The van der Waals surface area contributed by atoms with E-state index in [1.807, 2.05) is 18.2 Å². The number of sulfonamides is 1. The summed E-state index contributed by atoms with van der Waals surface area (Å²) in [4.78, 5) is 0. The smallest absolute Gasteiger partial charge is 0.252 e. The molecule has 0 N–H and O–H groups in total. The van der Waals surface area contributed by atoms with Gasteiger partial charge in [-0.1, -0.05) is 24.3 Å². The van der Waals surface area contributed by atoms with Crippen molar-refractivity contribution in [2.24, 2.45) is 0 Å². The van der Waals surface area contributed by atoms with Crippen LogP contribution in [0, 0.1) is 6.92 Å². The maximum absolute atomic E-state index is 12.9. The highest BCUT2D eigenvalue weighted by Gasteiger charge is 2.29. The molecule has 6 nitrogen and oxygen atoms in total. The van der Waals surface area contributed by atoms with Crippen LogP contribution in [0.1, 0.15) is 17.0 Å². The van der Waals surface area contributed by atoms with E-state index in [2.05, 4.69) is 16.3 Å². The Morgan fingerprint density at radius 1 is 1.21 bits per heavy atom. The molecule has 1 aliphatic heterocycles. The Balaban J connectivity index is 1.63. The van der Waals surface area contributed by atoms with Crippen LogP contribution in [0.2, 0.25) is 0 Å². The molecule has 0 aliphatic carbocycles. The average molecular weight is 361 g/mol. The van der Waals surface area contributed by atoms with Crippen molar-refractivity contribution >= 4 is 21.4 Å². The molecule has 3 aromatic rings. The van der Waals surface area contributed by atoms with Crippen molar-refractivity contribution in [3.05, 3.63) is 52.7 Å². The number of aromatic nitrogens is 2. The van der Waals surface area contributed by atoms with Gasteiger partial charge in [0.05, 0.1) is 5.56 Å². The lowest BCUT2D eigenvalue weighted by molar-refractivity contribution is 0.392. The molecule has 8 heteroatoms. The van der Waals surface area contributed by atoms with Crippen molar-refractivity contribution in [3.8, 4) is 11.5 Å². The molecule has 0 unspecified atom stereocenters. The van der Waals surface area contributed by atoms with Gasteiger partial charge < -0.3 is 4.42 Å². The van der Waals surface area contributed by atoms with E-state index in [0.29, 0.717) is 34.6 Å². The van der Waals surface area contributed by atoms with E-state index in [0.717, 1.165) is 12.0 Å². The number of hydrogen-bond acceptors (Lipinski definition) is 6. The number of rotatable bonds is 3. The normalized spacial score (nSPS) is 15.4. The topological polar surface area (TPSA) is 76.3 Å². The first-order valence-electron chi connectivity index (χ1n) is 7.50. The van der Waals surface area contributed by atoms with Crippen LogP contribution in [-0.4, -0.2) is 29.5 Å². The zero-order valence-corrected chi connectivity index (χ0v) is 14.6. The molecule has 0 amide bonds. The van der Waals surface area contributed by atoms with Gasteiger partial charge in [0.2, 0.25) is 11.8 Å². The lowest BCUT2D eigenvalue weighted by atomic mass is 10.0. The molecule has 0 fully saturated rings.